The van der Waals surface area contributed by atoms with Gasteiger partial charge in [-0.1, -0.05) is 41.9 Å². The molecule has 0 aliphatic heterocycles. The van der Waals surface area contributed by atoms with Crippen LogP contribution in [0.3, 0.4) is 0 Å². The molecule has 0 saturated heterocycles. The molecule has 0 radical (unpaired) electrons. The van der Waals surface area contributed by atoms with Crippen molar-refractivity contribution in [3.63, 3.8) is 0 Å². The van der Waals surface area contributed by atoms with Crippen LogP contribution in [0.5, 0.6) is 0 Å². The number of halogens is 1. The first-order chi connectivity index (χ1) is 12.5. The lowest BCUT2D eigenvalue weighted by Gasteiger charge is -2.08. The van der Waals surface area contributed by atoms with Gasteiger partial charge in [0, 0.05) is 21.8 Å². The minimum atomic E-state index is -0.655. The van der Waals surface area contributed by atoms with Gasteiger partial charge >= 0.3 is 5.97 Å². The highest BCUT2D eigenvalue weighted by Crippen LogP contribution is 2.29. The number of ketones is 1. The summed E-state index contributed by atoms with van der Waals surface area (Å²) in [6.07, 6.45) is 0. The van der Waals surface area contributed by atoms with E-state index in [0.717, 1.165) is 0 Å². The van der Waals surface area contributed by atoms with E-state index in [1.54, 1.807) is 25.1 Å². The van der Waals surface area contributed by atoms with Gasteiger partial charge in [-0.2, -0.15) is 5.10 Å². The Balaban J connectivity index is 2.18. The first kappa shape index (κ1) is 17.7. The number of carbonyl (C=O) groups is 2. The average Bonchev–Trinajstić information content (AvgIpc) is 3.07. The Morgan fingerprint density at radius 2 is 1.92 bits per heavy atom. The molecule has 26 heavy (non-hydrogen) atoms. The molecule has 0 unspecified atom stereocenters. The average molecular weight is 370 g/mol. The number of anilines is 1. The largest absolute Gasteiger partial charge is 0.461 e. The Kier molecular flexibility index (Phi) is 5.04. The van der Waals surface area contributed by atoms with E-state index >= 15 is 0 Å². The molecule has 0 saturated carbocycles. The van der Waals surface area contributed by atoms with Gasteiger partial charge in [0.1, 0.15) is 5.69 Å². The van der Waals surface area contributed by atoms with Crippen molar-refractivity contribution >= 4 is 29.0 Å². The van der Waals surface area contributed by atoms with Crippen LogP contribution in [0.15, 0.2) is 48.5 Å². The fourth-order valence-corrected chi connectivity index (χ4v) is 2.77. The van der Waals surface area contributed by atoms with E-state index in [1.807, 2.05) is 18.2 Å². The number of hydrogen-bond donors (Lipinski definition) is 2. The SMILES string of the molecule is CCOC(=O)c1[nH]nc(-c2ccccc2)c1C(=O)c1ccc(Cl)cc1N. The Bertz CT molecular complexity index is 967. The molecule has 6 nitrogen and oxygen atoms in total. The van der Waals surface area contributed by atoms with Crippen LogP contribution in [0, 0.1) is 0 Å². The number of ether oxygens (including phenoxy) is 1. The highest BCUT2D eigenvalue weighted by molar-refractivity contribution is 6.31. The maximum Gasteiger partial charge on any atom is 0.357 e. The maximum atomic E-state index is 13.2. The molecule has 1 aromatic heterocycles. The van der Waals surface area contributed by atoms with E-state index in [-0.39, 0.29) is 29.1 Å². The molecule has 0 aliphatic carbocycles. The molecule has 132 valence electrons. The van der Waals surface area contributed by atoms with Crippen LogP contribution in [0.25, 0.3) is 11.3 Å². The van der Waals surface area contributed by atoms with Gasteiger partial charge in [0.2, 0.25) is 0 Å². The van der Waals surface area contributed by atoms with E-state index < -0.39 is 11.8 Å². The second-order valence-electron chi connectivity index (χ2n) is 5.47. The normalized spacial score (nSPS) is 10.5. The number of aromatic amines is 1. The zero-order valence-electron chi connectivity index (χ0n) is 14.0. The third-order valence-electron chi connectivity index (χ3n) is 3.78. The van der Waals surface area contributed by atoms with E-state index in [9.17, 15) is 9.59 Å². The molecule has 2 aromatic carbocycles. The summed E-state index contributed by atoms with van der Waals surface area (Å²) in [5.74, 6) is -1.09. The summed E-state index contributed by atoms with van der Waals surface area (Å²) in [7, 11) is 0. The number of benzene rings is 2. The Labute approximate surface area is 154 Å². The van der Waals surface area contributed by atoms with Crippen LogP contribution in [-0.4, -0.2) is 28.6 Å². The van der Waals surface area contributed by atoms with Gasteiger partial charge in [-0.3, -0.25) is 9.89 Å². The van der Waals surface area contributed by atoms with Crippen molar-refractivity contribution in [3.8, 4) is 11.3 Å². The Morgan fingerprint density at radius 3 is 2.58 bits per heavy atom. The van der Waals surface area contributed by atoms with Crippen molar-refractivity contribution in [1.29, 1.82) is 0 Å². The zero-order valence-corrected chi connectivity index (χ0v) is 14.7. The number of esters is 1. The van der Waals surface area contributed by atoms with Gasteiger partial charge in [-0.15, -0.1) is 0 Å². The molecule has 3 N–H and O–H groups in total. The molecule has 0 amide bonds. The fraction of sp³-hybridized carbons (Fsp3) is 0.105. The summed E-state index contributed by atoms with van der Waals surface area (Å²) >= 11 is 5.91. The van der Waals surface area contributed by atoms with E-state index in [2.05, 4.69) is 10.2 Å². The van der Waals surface area contributed by atoms with Crippen molar-refractivity contribution < 1.29 is 14.3 Å². The number of H-pyrrole nitrogens is 1. The second kappa shape index (κ2) is 7.41. The van der Waals surface area contributed by atoms with Crippen LogP contribution in [0.1, 0.15) is 33.3 Å². The number of aromatic nitrogens is 2. The van der Waals surface area contributed by atoms with Crippen molar-refractivity contribution in [2.45, 2.75) is 6.92 Å². The maximum absolute atomic E-state index is 13.2. The third-order valence-corrected chi connectivity index (χ3v) is 4.01. The predicted molar refractivity (Wildman–Crippen MR) is 99.3 cm³/mol. The van der Waals surface area contributed by atoms with Gasteiger partial charge in [0.15, 0.2) is 11.5 Å². The number of nitrogens with two attached hydrogens (primary N) is 1. The number of rotatable bonds is 5. The summed E-state index contributed by atoms with van der Waals surface area (Å²) in [5.41, 5.74) is 7.55. The van der Waals surface area contributed by atoms with Crippen LogP contribution >= 0.6 is 11.6 Å². The van der Waals surface area contributed by atoms with Crippen molar-refractivity contribution in [1.82, 2.24) is 10.2 Å². The first-order valence-electron chi connectivity index (χ1n) is 7.93. The number of carbonyl (C=O) groups excluding carboxylic acids is 2. The lowest BCUT2D eigenvalue weighted by molar-refractivity contribution is 0.0516. The second-order valence-corrected chi connectivity index (χ2v) is 5.91. The molecular weight excluding hydrogens is 354 g/mol. The molecule has 0 fully saturated rings. The first-order valence-corrected chi connectivity index (χ1v) is 8.31. The number of nitrogens with one attached hydrogen (secondary N) is 1. The molecule has 7 heteroatoms. The smallest absolute Gasteiger partial charge is 0.357 e. The quantitative estimate of drug-likeness (QED) is 0.405. The van der Waals surface area contributed by atoms with Crippen LogP contribution in [-0.2, 0) is 4.74 Å². The molecule has 0 spiro atoms. The Hall–Kier alpha value is -3.12. The summed E-state index contributed by atoms with van der Waals surface area (Å²) in [5, 5.41) is 7.21. The van der Waals surface area contributed by atoms with E-state index in [4.69, 9.17) is 22.1 Å². The molecule has 0 aliphatic rings. The van der Waals surface area contributed by atoms with Crippen LogP contribution in [0.2, 0.25) is 5.02 Å². The minimum absolute atomic E-state index is 0.00921. The molecule has 1 heterocycles. The lowest BCUT2D eigenvalue weighted by Crippen LogP contribution is -2.13. The van der Waals surface area contributed by atoms with E-state index in [0.29, 0.717) is 16.3 Å². The predicted octanol–water partition coefficient (Wildman–Crippen LogP) is 3.72. The highest BCUT2D eigenvalue weighted by Gasteiger charge is 2.28. The summed E-state index contributed by atoms with van der Waals surface area (Å²) in [4.78, 5) is 25.5. The molecule has 3 rings (SSSR count). The standard InChI is InChI=1S/C19H16ClN3O3/c1-2-26-19(25)17-15(16(22-23-17)11-6-4-3-5-7-11)18(24)13-9-8-12(20)10-14(13)21/h3-10H,2,21H2,1H3,(H,22,23). The molecule has 3 aromatic rings. The fourth-order valence-electron chi connectivity index (χ4n) is 2.59. The minimum Gasteiger partial charge on any atom is -0.461 e. The molecular formula is C19H16ClN3O3. The Morgan fingerprint density at radius 1 is 1.19 bits per heavy atom. The van der Waals surface area contributed by atoms with Crippen molar-refractivity contribution in [3.05, 3.63) is 70.4 Å². The molecule has 0 atom stereocenters. The lowest BCUT2D eigenvalue weighted by atomic mass is 9.96. The van der Waals surface area contributed by atoms with Crippen molar-refractivity contribution in [2.24, 2.45) is 0 Å². The summed E-state index contributed by atoms with van der Waals surface area (Å²) in [6, 6.07) is 13.7. The monoisotopic (exact) mass is 369 g/mol. The van der Waals surface area contributed by atoms with Gasteiger partial charge in [-0.05, 0) is 25.1 Å². The summed E-state index contributed by atoms with van der Waals surface area (Å²) in [6.45, 7) is 1.86. The number of nitrogen functional groups attached to an aromatic ring is 1. The van der Waals surface area contributed by atoms with E-state index in [1.165, 1.54) is 12.1 Å². The topological polar surface area (TPSA) is 98.1 Å². The molecule has 0 bridgehead atoms. The number of nitrogens with zero attached hydrogens (tertiary/aromatic N) is 1. The van der Waals surface area contributed by atoms with Gasteiger partial charge in [0.25, 0.3) is 0 Å². The van der Waals surface area contributed by atoms with Crippen LogP contribution in [0.4, 0.5) is 5.69 Å². The van der Waals surface area contributed by atoms with Crippen LogP contribution < -0.4 is 5.73 Å². The zero-order chi connectivity index (χ0) is 18.7. The highest BCUT2D eigenvalue weighted by atomic mass is 35.5. The number of hydrogen-bond acceptors (Lipinski definition) is 5. The summed E-state index contributed by atoms with van der Waals surface area (Å²) < 4.78 is 5.04. The van der Waals surface area contributed by atoms with Gasteiger partial charge < -0.3 is 10.5 Å². The van der Waals surface area contributed by atoms with Gasteiger partial charge in [0.05, 0.1) is 12.2 Å². The van der Waals surface area contributed by atoms with Gasteiger partial charge in [-0.25, -0.2) is 4.79 Å². The van der Waals surface area contributed by atoms with Crippen molar-refractivity contribution in [2.75, 3.05) is 12.3 Å². The third kappa shape index (κ3) is 3.32.